The van der Waals surface area contributed by atoms with Gasteiger partial charge in [-0.2, -0.15) is 0 Å². The molecule has 1 unspecified atom stereocenters. The van der Waals surface area contributed by atoms with Crippen LogP contribution in [0.5, 0.6) is 0 Å². The number of fused-ring (bicyclic) bond motifs is 2. The molecule has 1 heterocycles. The molecule has 3 rings (SSSR count). The average Bonchev–Trinajstić information content (AvgIpc) is 2.27. The zero-order valence-corrected chi connectivity index (χ0v) is 10.6. The van der Waals surface area contributed by atoms with Gasteiger partial charge in [-0.05, 0) is 43.0 Å². The Kier molecular flexibility index (Phi) is 2.74. The van der Waals surface area contributed by atoms with Crippen LogP contribution in [-0.4, -0.2) is 10.1 Å². The Morgan fingerprint density at radius 1 is 1.24 bits per heavy atom. The van der Waals surface area contributed by atoms with E-state index in [1.807, 2.05) is 12.1 Å². The number of halogens is 2. The summed E-state index contributed by atoms with van der Waals surface area (Å²) in [5.41, 5.74) is 2.60. The van der Waals surface area contributed by atoms with Crippen LogP contribution in [0.15, 0.2) is 18.2 Å². The minimum atomic E-state index is -0.463. The Hall–Kier alpha value is -0.830. The topological polar surface area (TPSA) is 33.1 Å². The van der Waals surface area contributed by atoms with Gasteiger partial charge < -0.3 is 5.11 Å². The second kappa shape index (κ2) is 4.13. The minimum Gasteiger partial charge on any atom is -0.387 e. The van der Waals surface area contributed by atoms with E-state index in [0.717, 1.165) is 41.4 Å². The van der Waals surface area contributed by atoms with Crippen molar-refractivity contribution >= 4 is 34.1 Å². The first kappa shape index (κ1) is 11.3. The van der Waals surface area contributed by atoms with E-state index in [2.05, 4.69) is 4.98 Å². The van der Waals surface area contributed by atoms with E-state index in [4.69, 9.17) is 23.2 Å². The van der Waals surface area contributed by atoms with Crippen LogP contribution in [0.2, 0.25) is 10.0 Å². The lowest BCUT2D eigenvalue weighted by molar-refractivity contribution is 0.152. The highest BCUT2D eigenvalue weighted by Gasteiger charge is 2.20. The van der Waals surface area contributed by atoms with Gasteiger partial charge >= 0.3 is 0 Å². The summed E-state index contributed by atoms with van der Waals surface area (Å²) in [7, 11) is 0. The molecule has 0 fully saturated rings. The monoisotopic (exact) mass is 267 g/mol. The average molecular weight is 268 g/mol. The van der Waals surface area contributed by atoms with Crippen molar-refractivity contribution in [2.24, 2.45) is 0 Å². The fourth-order valence-corrected chi connectivity index (χ4v) is 2.93. The molecule has 1 aliphatic carbocycles. The number of aromatic nitrogens is 1. The van der Waals surface area contributed by atoms with E-state index in [-0.39, 0.29) is 0 Å². The third-order valence-electron chi connectivity index (χ3n) is 3.19. The Bertz CT molecular complexity index is 597. The summed E-state index contributed by atoms with van der Waals surface area (Å²) in [6.45, 7) is 0. The SMILES string of the molecule is OC1CCCc2cc3cc(Cl)cc(Cl)c3nc21. The highest BCUT2D eigenvalue weighted by Crippen LogP contribution is 2.33. The second-order valence-corrected chi connectivity index (χ2v) is 5.24. The molecule has 0 saturated carbocycles. The van der Waals surface area contributed by atoms with E-state index < -0.39 is 6.10 Å². The predicted octanol–water partition coefficient (Wildman–Crippen LogP) is 3.91. The standard InChI is InChI=1S/C13H11Cl2NO/c14-9-5-8-4-7-2-1-3-11(17)13(7)16-12(8)10(15)6-9/h4-6,11,17H,1-3H2. The number of aryl methyl sites for hydroxylation is 1. The summed E-state index contributed by atoms with van der Waals surface area (Å²) in [6, 6.07) is 5.58. The number of hydrogen-bond acceptors (Lipinski definition) is 2. The molecule has 0 aliphatic heterocycles. The molecule has 0 bridgehead atoms. The van der Waals surface area contributed by atoms with Crippen LogP contribution in [0.1, 0.15) is 30.2 Å². The van der Waals surface area contributed by atoms with Crippen LogP contribution in [0.4, 0.5) is 0 Å². The quantitative estimate of drug-likeness (QED) is 0.785. The highest BCUT2D eigenvalue weighted by atomic mass is 35.5. The first-order chi connectivity index (χ1) is 8.15. The Labute approximate surface area is 109 Å². The van der Waals surface area contributed by atoms with Crippen LogP contribution >= 0.6 is 23.2 Å². The lowest BCUT2D eigenvalue weighted by Crippen LogP contribution is -2.11. The van der Waals surface area contributed by atoms with Crippen molar-refractivity contribution in [3.8, 4) is 0 Å². The van der Waals surface area contributed by atoms with E-state index in [1.165, 1.54) is 0 Å². The largest absolute Gasteiger partial charge is 0.387 e. The molecule has 0 amide bonds. The first-order valence-corrected chi connectivity index (χ1v) is 6.37. The van der Waals surface area contributed by atoms with Crippen molar-refractivity contribution < 1.29 is 5.11 Å². The van der Waals surface area contributed by atoms with Gasteiger partial charge in [0.15, 0.2) is 0 Å². The Balaban J connectivity index is 2.31. The molecule has 1 aliphatic rings. The van der Waals surface area contributed by atoms with Gasteiger partial charge in [0.25, 0.3) is 0 Å². The highest BCUT2D eigenvalue weighted by molar-refractivity contribution is 6.38. The van der Waals surface area contributed by atoms with Crippen LogP contribution in [0.3, 0.4) is 0 Å². The lowest BCUT2D eigenvalue weighted by Gasteiger charge is -2.21. The van der Waals surface area contributed by atoms with Crippen LogP contribution in [-0.2, 0) is 6.42 Å². The molecule has 1 aromatic heterocycles. The van der Waals surface area contributed by atoms with Crippen molar-refractivity contribution in [1.82, 2.24) is 4.98 Å². The van der Waals surface area contributed by atoms with Crippen molar-refractivity contribution in [3.05, 3.63) is 39.5 Å². The van der Waals surface area contributed by atoms with Crippen LogP contribution in [0.25, 0.3) is 10.9 Å². The molecular formula is C13H11Cl2NO. The molecule has 1 atom stereocenters. The molecule has 2 nitrogen and oxygen atoms in total. The van der Waals surface area contributed by atoms with Crippen LogP contribution in [0, 0.1) is 0 Å². The summed E-state index contributed by atoms with van der Waals surface area (Å²) in [5.74, 6) is 0. The van der Waals surface area contributed by atoms with Gasteiger partial charge in [-0.3, -0.25) is 0 Å². The maximum absolute atomic E-state index is 9.93. The predicted molar refractivity (Wildman–Crippen MR) is 69.7 cm³/mol. The van der Waals surface area contributed by atoms with Crippen molar-refractivity contribution in [3.63, 3.8) is 0 Å². The minimum absolute atomic E-state index is 0.463. The number of rotatable bonds is 0. The van der Waals surface area contributed by atoms with Gasteiger partial charge in [-0.1, -0.05) is 23.2 Å². The smallest absolute Gasteiger partial charge is 0.0963 e. The molecule has 1 N–H and O–H groups in total. The van der Waals surface area contributed by atoms with Gasteiger partial charge in [-0.15, -0.1) is 0 Å². The summed E-state index contributed by atoms with van der Waals surface area (Å²) < 4.78 is 0. The van der Waals surface area contributed by atoms with E-state index in [0.29, 0.717) is 10.0 Å². The summed E-state index contributed by atoms with van der Waals surface area (Å²) in [5, 5.41) is 12.0. The van der Waals surface area contributed by atoms with E-state index in [9.17, 15) is 5.11 Å². The third-order valence-corrected chi connectivity index (χ3v) is 3.69. The third kappa shape index (κ3) is 1.90. The molecule has 4 heteroatoms. The molecular weight excluding hydrogens is 257 g/mol. The molecule has 88 valence electrons. The van der Waals surface area contributed by atoms with Gasteiger partial charge in [0.05, 0.1) is 22.3 Å². The second-order valence-electron chi connectivity index (χ2n) is 4.40. The molecule has 0 saturated heterocycles. The number of aliphatic hydroxyl groups is 1. The number of hydrogen-bond donors (Lipinski definition) is 1. The number of benzene rings is 1. The van der Waals surface area contributed by atoms with Crippen molar-refractivity contribution in [2.75, 3.05) is 0 Å². The van der Waals surface area contributed by atoms with Gasteiger partial charge in [0.2, 0.25) is 0 Å². The maximum atomic E-state index is 9.93. The normalized spacial score (nSPS) is 19.4. The number of aliphatic hydroxyl groups excluding tert-OH is 1. The van der Waals surface area contributed by atoms with Gasteiger partial charge in [0, 0.05) is 10.4 Å². The zero-order chi connectivity index (χ0) is 12.0. The summed E-state index contributed by atoms with van der Waals surface area (Å²) in [4.78, 5) is 4.50. The van der Waals surface area contributed by atoms with Gasteiger partial charge in [-0.25, -0.2) is 4.98 Å². The molecule has 1 aromatic carbocycles. The van der Waals surface area contributed by atoms with Crippen molar-refractivity contribution in [2.45, 2.75) is 25.4 Å². The maximum Gasteiger partial charge on any atom is 0.0963 e. The molecule has 0 radical (unpaired) electrons. The van der Waals surface area contributed by atoms with Crippen molar-refractivity contribution in [1.29, 1.82) is 0 Å². The first-order valence-electron chi connectivity index (χ1n) is 5.62. The molecule has 0 spiro atoms. The zero-order valence-electron chi connectivity index (χ0n) is 9.08. The Morgan fingerprint density at radius 2 is 2.06 bits per heavy atom. The fourth-order valence-electron chi connectivity index (χ4n) is 2.38. The fraction of sp³-hybridized carbons (Fsp3) is 0.308. The number of pyridine rings is 1. The van der Waals surface area contributed by atoms with E-state index >= 15 is 0 Å². The molecule has 2 aromatic rings. The molecule has 17 heavy (non-hydrogen) atoms. The lowest BCUT2D eigenvalue weighted by atomic mass is 9.92. The Morgan fingerprint density at radius 3 is 2.88 bits per heavy atom. The summed E-state index contributed by atoms with van der Waals surface area (Å²) >= 11 is 12.1. The van der Waals surface area contributed by atoms with E-state index in [1.54, 1.807) is 6.07 Å². The van der Waals surface area contributed by atoms with Gasteiger partial charge in [0.1, 0.15) is 0 Å². The number of nitrogens with zero attached hydrogens (tertiary/aromatic N) is 1. The summed E-state index contributed by atoms with van der Waals surface area (Å²) in [6.07, 6.45) is 2.26. The van der Waals surface area contributed by atoms with Crippen LogP contribution < -0.4 is 0 Å².